The van der Waals surface area contributed by atoms with Crippen molar-refractivity contribution in [2.45, 2.75) is 19.1 Å². The quantitative estimate of drug-likeness (QED) is 0.694. The number of hydrogen-bond donors (Lipinski definition) is 1. The number of aliphatic hydroxyl groups is 1. The van der Waals surface area contributed by atoms with Gasteiger partial charge in [-0.05, 0) is 19.1 Å². The van der Waals surface area contributed by atoms with Gasteiger partial charge in [0, 0.05) is 23.9 Å². The van der Waals surface area contributed by atoms with Crippen molar-refractivity contribution in [3.8, 4) is 11.4 Å². The Morgan fingerprint density at radius 2 is 1.95 bits per heavy atom. The van der Waals surface area contributed by atoms with Crippen LogP contribution in [0.25, 0.3) is 11.4 Å². The number of aliphatic hydroxyl groups excluding tert-OH is 1. The molecule has 0 radical (unpaired) electrons. The average Bonchev–Trinajstić information content (AvgIpc) is 2.91. The number of halogens is 3. The fourth-order valence-electron chi connectivity index (χ4n) is 1.90. The highest BCUT2D eigenvalue weighted by Gasteiger charge is 2.35. The minimum Gasteiger partial charge on any atom is -0.394 e. The van der Waals surface area contributed by atoms with E-state index in [4.69, 9.17) is 5.11 Å². The van der Waals surface area contributed by atoms with Crippen LogP contribution in [0, 0.1) is 10.1 Å². The summed E-state index contributed by atoms with van der Waals surface area (Å²) >= 11 is 0. The first-order chi connectivity index (χ1) is 10.2. The van der Waals surface area contributed by atoms with E-state index in [1.54, 1.807) is 0 Å². The molecule has 0 aliphatic heterocycles. The third kappa shape index (κ3) is 3.08. The molecule has 1 unspecified atom stereocenters. The molecular weight excluding hydrogens is 303 g/mol. The Labute approximate surface area is 123 Å². The highest BCUT2D eigenvalue weighted by Crippen LogP contribution is 2.32. The lowest BCUT2D eigenvalue weighted by Crippen LogP contribution is -2.10. The fraction of sp³-hybridized carbons (Fsp3) is 0.308. The van der Waals surface area contributed by atoms with Crippen LogP contribution < -0.4 is 0 Å². The minimum atomic E-state index is -4.62. The van der Waals surface area contributed by atoms with E-state index in [1.807, 2.05) is 0 Å². The standard InChI is InChI=1S/C13H12F3N3O3/c1-8(7-20)18-6-11(13(14,15)16)17-12(18)9-2-4-10(5-3-9)19(21)22/h2-6,8,20H,7H2,1H3. The smallest absolute Gasteiger partial charge is 0.394 e. The van der Waals surface area contributed by atoms with Gasteiger partial charge in [-0.25, -0.2) is 4.98 Å². The van der Waals surface area contributed by atoms with E-state index in [1.165, 1.54) is 35.8 Å². The van der Waals surface area contributed by atoms with Crippen molar-refractivity contribution in [3.63, 3.8) is 0 Å². The second-order valence-electron chi connectivity index (χ2n) is 4.69. The van der Waals surface area contributed by atoms with E-state index in [2.05, 4.69) is 4.98 Å². The summed E-state index contributed by atoms with van der Waals surface area (Å²) in [5, 5.41) is 19.8. The molecule has 0 saturated heterocycles. The first kappa shape index (κ1) is 16.0. The number of aromatic nitrogens is 2. The summed E-state index contributed by atoms with van der Waals surface area (Å²) in [4.78, 5) is 13.6. The van der Waals surface area contributed by atoms with Crippen molar-refractivity contribution in [1.29, 1.82) is 0 Å². The molecule has 1 aromatic heterocycles. The summed E-state index contributed by atoms with van der Waals surface area (Å²) in [6, 6.07) is 4.40. The van der Waals surface area contributed by atoms with Gasteiger partial charge in [0.25, 0.3) is 5.69 Å². The Bertz CT molecular complexity index is 680. The summed E-state index contributed by atoms with van der Waals surface area (Å²) in [7, 11) is 0. The number of nitrogens with zero attached hydrogens (tertiary/aromatic N) is 3. The summed E-state index contributed by atoms with van der Waals surface area (Å²) < 4.78 is 39.6. The molecule has 2 rings (SSSR count). The molecule has 118 valence electrons. The molecule has 1 atom stereocenters. The summed E-state index contributed by atoms with van der Waals surface area (Å²) in [6.07, 6.45) is -3.80. The topological polar surface area (TPSA) is 81.2 Å². The van der Waals surface area contributed by atoms with Crippen LogP contribution in [0.3, 0.4) is 0 Å². The molecule has 22 heavy (non-hydrogen) atoms. The fourth-order valence-corrected chi connectivity index (χ4v) is 1.90. The largest absolute Gasteiger partial charge is 0.434 e. The average molecular weight is 315 g/mol. The highest BCUT2D eigenvalue weighted by atomic mass is 19.4. The first-order valence-electron chi connectivity index (χ1n) is 6.25. The highest BCUT2D eigenvalue weighted by molar-refractivity contribution is 5.58. The molecular formula is C13H12F3N3O3. The monoisotopic (exact) mass is 315 g/mol. The van der Waals surface area contributed by atoms with Gasteiger partial charge >= 0.3 is 6.18 Å². The molecule has 1 N–H and O–H groups in total. The summed E-state index contributed by atoms with van der Waals surface area (Å²) in [5.41, 5.74) is -0.962. The van der Waals surface area contributed by atoms with Gasteiger partial charge < -0.3 is 9.67 Å². The van der Waals surface area contributed by atoms with Gasteiger partial charge in [-0.3, -0.25) is 10.1 Å². The van der Waals surface area contributed by atoms with Crippen LogP contribution in [0.15, 0.2) is 30.5 Å². The number of benzene rings is 1. The predicted molar refractivity (Wildman–Crippen MR) is 71.1 cm³/mol. The third-order valence-corrected chi connectivity index (χ3v) is 3.10. The Balaban J connectivity index is 2.52. The lowest BCUT2D eigenvalue weighted by molar-refractivity contribution is -0.384. The minimum absolute atomic E-state index is 0.0104. The summed E-state index contributed by atoms with van der Waals surface area (Å²) in [6.45, 7) is 1.17. The number of nitro benzene ring substituents is 1. The number of hydrogen-bond acceptors (Lipinski definition) is 4. The molecule has 2 aromatic rings. The Morgan fingerprint density at radius 1 is 1.36 bits per heavy atom. The molecule has 0 bridgehead atoms. The molecule has 6 nitrogen and oxygen atoms in total. The zero-order valence-electron chi connectivity index (χ0n) is 11.4. The van der Waals surface area contributed by atoms with Gasteiger partial charge in [-0.2, -0.15) is 13.2 Å². The van der Waals surface area contributed by atoms with Crippen LogP contribution in [0.4, 0.5) is 18.9 Å². The lowest BCUT2D eigenvalue weighted by Gasteiger charge is -2.13. The Kier molecular flexibility index (Phi) is 4.18. The second kappa shape index (κ2) is 5.76. The normalized spacial score (nSPS) is 13.1. The van der Waals surface area contributed by atoms with Crippen molar-refractivity contribution >= 4 is 5.69 Å². The molecule has 0 aliphatic carbocycles. The van der Waals surface area contributed by atoms with Crippen LogP contribution in [0.2, 0.25) is 0 Å². The van der Waals surface area contributed by atoms with Crippen molar-refractivity contribution < 1.29 is 23.2 Å². The van der Waals surface area contributed by atoms with Crippen molar-refractivity contribution in [2.75, 3.05) is 6.61 Å². The van der Waals surface area contributed by atoms with Gasteiger partial charge in [0.15, 0.2) is 5.69 Å². The molecule has 0 amide bonds. The molecule has 0 aliphatic rings. The van der Waals surface area contributed by atoms with Gasteiger partial charge in [0.2, 0.25) is 0 Å². The van der Waals surface area contributed by atoms with E-state index >= 15 is 0 Å². The van der Waals surface area contributed by atoms with E-state index < -0.39 is 22.8 Å². The van der Waals surface area contributed by atoms with Crippen molar-refractivity contribution in [2.24, 2.45) is 0 Å². The first-order valence-corrected chi connectivity index (χ1v) is 6.25. The maximum Gasteiger partial charge on any atom is 0.434 e. The second-order valence-corrected chi connectivity index (χ2v) is 4.69. The number of alkyl halides is 3. The van der Waals surface area contributed by atoms with Crippen LogP contribution in [-0.4, -0.2) is 26.2 Å². The number of non-ortho nitro benzene ring substituents is 1. The van der Waals surface area contributed by atoms with E-state index in [0.29, 0.717) is 5.56 Å². The maximum absolute atomic E-state index is 12.8. The SMILES string of the molecule is CC(CO)n1cc(C(F)(F)F)nc1-c1ccc([N+](=O)[O-])cc1. The van der Waals surface area contributed by atoms with Gasteiger partial charge in [0.1, 0.15) is 5.82 Å². The summed E-state index contributed by atoms with van der Waals surface area (Å²) in [5.74, 6) is -0.0104. The molecule has 9 heteroatoms. The van der Waals surface area contributed by atoms with E-state index in [-0.39, 0.29) is 18.1 Å². The molecule has 1 heterocycles. The van der Waals surface area contributed by atoms with E-state index in [0.717, 1.165) is 6.20 Å². The number of imidazole rings is 1. The zero-order valence-corrected chi connectivity index (χ0v) is 11.4. The van der Waals surface area contributed by atoms with Crippen LogP contribution in [0.1, 0.15) is 18.7 Å². The Hall–Kier alpha value is -2.42. The van der Waals surface area contributed by atoms with Crippen LogP contribution in [-0.2, 0) is 6.18 Å². The van der Waals surface area contributed by atoms with Gasteiger partial charge in [-0.1, -0.05) is 0 Å². The van der Waals surface area contributed by atoms with Gasteiger partial charge in [-0.15, -0.1) is 0 Å². The molecule has 0 spiro atoms. The molecule has 0 fully saturated rings. The Morgan fingerprint density at radius 3 is 2.41 bits per heavy atom. The van der Waals surface area contributed by atoms with Crippen LogP contribution in [0.5, 0.6) is 0 Å². The number of nitro groups is 1. The van der Waals surface area contributed by atoms with Gasteiger partial charge in [0.05, 0.1) is 17.6 Å². The molecule has 1 aromatic carbocycles. The molecule has 0 saturated carbocycles. The van der Waals surface area contributed by atoms with Crippen molar-refractivity contribution in [1.82, 2.24) is 9.55 Å². The zero-order chi connectivity index (χ0) is 16.5. The van der Waals surface area contributed by atoms with E-state index in [9.17, 15) is 23.3 Å². The maximum atomic E-state index is 12.8. The predicted octanol–water partition coefficient (Wildman–Crippen LogP) is 3.03. The van der Waals surface area contributed by atoms with Crippen LogP contribution >= 0.6 is 0 Å². The number of rotatable bonds is 4. The van der Waals surface area contributed by atoms with Crippen molar-refractivity contribution in [3.05, 3.63) is 46.3 Å². The third-order valence-electron chi connectivity index (χ3n) is 3.10. The lowest BCUT2D eigenvalue weighted by atomic mass is 10.2.